The molecule has 3 rings (SSSR count). The van der Waals surface area contributed by atoms with Crippen LogP contribution in [-0.4, -0.2) is 39.7 Å². The van der Waals surface area contributed by atoms with Gasteiger partial charge in [-0.1, -0.05) is 17.7 Å². The first-order valence-corrected chi connectivity index (χ1v) is 9.73. The second kappa shape index (κ2) is 8.60. The molecule has 0 aliphatic heterocycles. The highest BCUT2D eigenvalue weighted by atomic mass is 15.2. The minimum absolute atomic E-state index is 0.180. The normalized spacial score (nSPS) is 18.1. The summed E-state index contributed by atoms with van der Waals surface area (Å²) in [4.78, 5) is 10.6. The zero-order valence-corrected chi connectivity index (χ0v) is 16.0. The molecular weight excluding hydrogens is 322 g/mol. The van der Waals surface area contributed by atoms with Crippen molar-refractivity contribution in [3.05, 3.63) is 41.2 Å². The Labute approximate surface area is 156 Å². The molecule has 0 bridgehead atoms. The first-order chi connectivity index (χ1) is 12.6. The number of para-hydroxylation sites is 2. The fourth-order valence-corrected chi connectivity index (χ4v) is 3.91. The number of unbranched alkanes of at least 4 members (excludes halogenated alkanes) is 1. The molecule has 5 heteroatoms. The molecule has 140 valence electrons. The van der Waals surface area contributed by atoms with Crippen LogP contribution in [0.4, 0.5) is 0 Å². The highest BCUT2D eigenvalue weighted by molar-refractivity contribution is 6.02. The third-order valence-corrected chi connectivity index (χ3v) is 5.30. The van der Waals surface area contributed by atoms with Crippen molar-refractivity contribution >= 4 is 16.7 Å². The predicted molar refractivity (Wildman–Crippen MR) is 109 cm³/mol. The number of allylic oxidation sites excluding steroid dienone is 1. The molecule has 5 nitrogen and oxygen atoms in total. The van der Waals surface area contributed by atoms with Crippen LogP contribution in [0.5, 0.6) is 0 Å². The van der Waals surface area contributed by atoms with Gasteiger partial charge in [-0.05, 0) is 76.7 Å². The Kier molecular flexibility index (Phi) is 6.22. The second-order valence-corrected chi connectivity index (χ2v) is 7.47. The molecule has 0 unspecified atom stereocenters. The van der Waals surface area contributed by atoms with Crippen molar-refractivity contribution in [1.82, 2.24) is 14.9 Å². The number of hydrogen-bond donors (Lipinski definition) is 3. The summed E-state index contributed by atoms with van der Waals surface area (Å²) in [6, 6.07) is 8.33. The standard InChI is InChI=1S/C21H31N5/c1-15(2)16-8-7-11-19(21(16)23)26(13-6-5-12-22)14-20-24-17-9-3-4-10-18(17)25-20/h3-4,9-10,19,23H,5-8,11-14,22H2,1-2H3,(H,24,25)/t19-/m0/s1. The van der Waals surface area contributed by atoms with Crippen LogP contribution in [0.2, 0.25) is 0 Å². The Balaban J connectivity index is 1.82. The molecule has 1 heterocycles. The van der Waals surface area contributed by atoms with E-state index in [0.29, 0.717) is 0 Å². The van der Waals surface area contributed by atoms with Crippen LogP contribution in [0.1, 0.15) is 51.8 Å². The average molecular weight is 354 g/mol. The van der Waals surface area contributed by atoms with Gasteiger partial charge >= 0.3 is 0 Å². The van der Waals surface area contributed by atoms with Crippen molar-refractivity contribution in [2.24, 2.45) is 5.73 Å². The largest absolute Gasteiger partial charge is 0.341 e. The van der Waals surface area contributed by atoms with Crippen molar-refractivity contribution < 1.29 is 0 Å². The monoisotopic (exact) mass is 353 g/mol. The van der Waals surface area contributed by atoms with Crippen molar-refractivity contribution in [3.63, 3.8) is 0 Å². The third-order valence-electron chi connectivity index (χ3n) is 5.30. The first kappa shape index (κ1) is 18.8. The van der Waals surface area contributed by atoms with E-state index in [9.17, 15) is 0 Å². The molecule has 1 fully saturated rings. The molecule has 1 aromatic carbocycles. The third kappa shape index (κ3) is 4.22. The summed E-state index contributed by atoms with van der Waals surface area (Å²) in [6.45, 7) is 6.69. The smallest absolute Gasteiger partial charge is 0.121 e. The summed E-state index contributed by atoms with van der Waals surface area (Å²) < 4.78 is 0. The van der Waals surface area contributed by atoms with Gasteiger partial charge in [0.1, 0.15) is 5.82 Å². The number of imidazole rings is 1. The number of nitrogens with zero attached hydrogens (tertiary/aromatic N) is 2. The highest BCUT2D eigenvalue weighted by Gasteiger charge is 2.29. The quantitative estimate of drug-likeness (QED) is 0.658. The number of hydrogen-bond acceptors (Lipinski definition) is 4. The van der Waals surface area contributed by atoms with Gasteiger partial charge in [0.25, 0.3) is 0 Å². The van der Waals surface area contributed by atoms with Gasteiger partial charge in [0.05, 0.1) is 29.3 Å². The summed E-state index contributed by atoms with van der Waals surface area (Å²) in [6.07, 6.45) is 5.33. The van der Waals surface area contributed by atoms with Crippen LogP contribution in [0.15, 0.2) is 35.4 Å². The van der Waals surface area contributed by atoms with E-state index >= 15 is 0 Å². The van der Waals surface area contributed by atoms with E-state index in [1.165, 1.54) is 11.1 Å². The van der Waals surface area contributed by atoms with Gasteiger partial charge in [0.2, 0.25) is 0 Å². The van der Waals surface area contributed by atoms with Gasteiger partial charge in [0.15, 0.2) is 0 Å². The summed E-state index contributed by atoms with van der Waals surface area (Å²) in [5, 5.41) is 8.76. The van der Waals surface area contributed by atoms with Gasteiger partial charge < -0.3 is 16.1 Å². The number of benzene rings is 1. The number of aromatic amines is 1. The van der Waals surface area contributed by atoms with E-state index in [2.05, 4.69) is 29.8 Å². The van der Waals surface area contributed by atoms with Crippen LogP contribution in [-0.2, 0) is 6.54 Å². The molecule has 2 aromatic rings. The highest BCUT2D eigenvalue weighted by Crippen LogP contribution is 2.28. The second-order valence-electron chi connectivity index (χ2n) is 7.47. The summed E-state index contributed by atoms with van der Waals surface area (Å²) >= 11 is 0. The fourth-order valence-electron chi connectivity index (χ4n) is 3.91. The molecular formula is C21H31N5. The Bertz CT molecular complexity index is 752. The fraction of sp³-hybridized carbons (Fsp3) is 0.524. The lowest BCUT2D eigenvalue weighted by atomic mass is 9.85. The van der Waals surface area contributed by atoms with Gasteiger partial charge in [-0.3, -0.25) is 4.90 Å². The topological polar surface area (TPSA) is 81.8 Å². The van der Waals surface area contributed by atoms with E-state index < -0.39 is 0 Å². The number of rotatable bonds is 7. The molecule has 26 heavy (non-hydrogen) atoms. The van der Waals surface area contributed by atoms with E-state index in [0.717, 1.165) is 74.3 Å². The average Bonchev–Trinajstić information content (AvgIpc) is 3.03. The van der Waals surface area contributed by atoms with Crippen molar-refractivity contribution in [3.8, 4) is 0 Å². The molecule has 1 aliphatic carbocycles. The molecule has 0 radical (unpaired) electrons. The Morgan fingerprint density at radius 1 is 1.31 bits per heavy atom. The minimum Gasteiger partial charge on any atom is -0.341 e. The maximum absolute atomic E-state index is 8.76. The number of H-pyrrole nitrogens is 1. The summed E-state index contributed by atoms with van der Waals surface area (Å²) in [5.41, 5.74) is 11.1. The maximum Gasteiger partial charge on any atom is 0.121 e. The van der Waals surface area contributed by atoms with Crippen molar-refractivity contribution in [1.29, 1.82) is 5.41 Å². The zero-order chi connectivity index (χ0) is 18.5. The van der Waals surface area contributed by atoms with Crippen LogP contribution in [0.3, 0.4) is 0 Å². The van der Waals surface area contributed by atoms with Gasteiger partial charge in [0, 0.05) is 0 Å². The first-order valence-electron chi connectivity index (χ1n) is 9.73. The van der Waals surface area contributed by atoms with E-state index in [1.807, 2.05) is 18.2 Å². The number of nitrogens with two attached hydrogens (primary N) is 1. The minimum atomic E-state index is 0.180. The van der Waals surface area contributed by atoms with E-state index in [4.69, 9.17) is 16.1 Å². The van der Waals surface area contributed by atoms with Crippen LogP contribution in [0, 0.1) is 5.41 Å². The van der Waals surface area contributed by atoms with Crippen molar-refractivity contribution in [2.75, 3.05) is 13.1 Å². The van der Waals surface area contributed by atoms with Gasteiger partial charge in [-0.15, -0.1) is 0 Å². The van der Waals surface area contributed by atoms with E-state index in [-0.39, 0.29) is 6.04 Å². The Hall–Kier alpha value is -1.98. The maximum atomic E-state index is 8.76. The molecule has 1 atom stereocenters. The lowest BCUT2D eigenvalue weighted by Gasteiger charge is -2.36. The van der Waals surface area contributed by atoms with Crippen LogP contribution in [0.25, 0.3) is 11.0 Å². The lowest BCUT2D eigenvalue weighted by molar-refractivity contribution is 0.208. The van der Waals surface area contributed by atoms with E-state index in [1.54, 1.807) is 0 Å². The lowest BCUT2D eigenvalue weighted by Crippen LogP contribution is -2.44. The number of nitrogens with one attached hydrogen (secondary N) is 2. The predicted octanol–water partition coefficient (Wildman–Crippen LogP) is 4.01. The Morgan fingerprint density at radius 2 is 2.12 bits per heavy atom. The Morgan fingerprint density at radius 3 is 2.85 bits per heavy atom. The van der Waals surface area contributed by atoms with Crippen LogP contribution < -0.4 is 5.73 Å². The van der Waals surface area contributed by atoms with Crippen LogP contribution >= 0.6 is 0 Å². The summed E-state index contributed by atoms with van der Waals surface area (Å²) in [7, 11) is 0. The number of fused-ring (bicyclic) bond motifs is 1. The molecule has 0 saturated heterocycles. The molecule has 1 saturated carbocycles. The van der Waals surface area contributed by atoms with Crippen molar-refractivity contribution in [2.45, 2.75) is 58.5 Å². The SMILES string of the molecule is CC(C)=C1CCC[C@H](N(CCCCN)Cc2nc3ccccc3[nH]2)C1=N. The summed E-state index contributed by atoms with van der Waals surface area (Å²) in [5.74, 6) is 0.982. The molecule has 4 N–H and O–H groups in total. The number of aromatic nitrogens is 2. The molecule has 1 aliphatic rings. The zero-order valence-electron chi connectivity index (χ0n) is 16.0. The molecule has 0 amide bonds. The molecule has 1 aromatic heterocycles. The van der Waals surface area contributed by atoms with Gasteiger partial charge in [-0.2, -0.15) is 0 Å². The van der Waals surface area contributed by atoms with Gasteiger partial charge in [-0.25, -0.2) is 4.98 Å². The molecule has 0 spiro atoms.